The van der Waals surface area contributed by atoms with Gasteiger partial charge < -0.3 is 0 Å². The lowest BCUT2D eigenvalue weighted by Gasteiger charge is -2.04. The van der Waals surface area contributed by atoms with Crippen LogP contribution in [0.4, 0.5) is 4.39 Å². The van der Waals surface area contributed by atoms with E-state index in [1.54, 1.807) is 12.1 Å². The molecule has 0 fully saturated rings. The van der Waals surface area contributed by atoms with Gasteiger partial charge in [0.15, 0.2) is 0 Å². The Bertz CT molecular complexity index is 575. The number of aryl methyl sites for hydroxylation is 1. The highest BCUT2D eigenvalue weighted by atomic mass is 35.5. The normalized spacial score (nSPS) is 15.1. The molecule has 2 nitrogen and oxygen atoms in total. The number of rotatable bonds is 2. The van der Waals surface area contributed by atoms with Crippen LogP contribution in [0.3, 0.4) is 0 Å². The van der Waals surface area contributed by atoms with Crippen LogP contribution in [-0.2, 0) is 19.4 Å². The highest BCUT2D eigenvalue weighted by Gasteiger charge is 2.18. The minimum atomic E-state index is -0.217. The predicted molar refractivity (Wildman–Crippen MR) is 74.0 cm³/mol. The molecule has 0 saturated carbocycles. The van der Waals surface area contributed by atoms with Gasteiger partial charge in [-0.25, -0.2) is 9.07 Å². The number of aromatic nitrogens is 2. The van der Waals surface area contributed by atoms with Crippen molar-refractivity contribution in [1.82, 2.24) is 9.78 Å². The first kappa shape index (κ1) is 12.7. The van der Waals surface area contributed by atoms with Crippen LogP contribution < -0.4 is 0 Å². The first-order valence-electron chi connectivity index (χ1n) is 6.72. The Morgan fingerprint density at radius 1 is 1.11 bits per heavy atom. The molecule has 0 amide bonds. The molecular weight excluding hydrogens is 263 g/mol. The topological polar surface area (TPSA) is 17.8 Å². The van der Waals surface area contributed by atoms with Crippen molar-refractivity contribution < 1.29 is 4.39 Å². The largest absolute Gasteiger partial charge is 0.249 e. The van der Waals surface area contributed by atoms with E-state index in [1.165, 1.54) is 37.0 Å². The van der Waals surface area contributed by atoms with E-state index < -0.39 is 0 Å². The Balaban J connectivity index is 1.87. The van der Waals surface area contributed by atoms with Gasteiger partial charge in [0.2, 0.25) is 0 Å². The fourth-order valence-electron chi connectivity index (χ4n) is 2.61. The Morgan fingerprint density at radius 2 is 1.84 bits per heavy atom. The summed E-state index contributed by atoms with van der Waals surface area (Å²) in [6.45, 7) is 0.603. The predicted octanol–water partition coefficient (Wildman–Crippen LogP) is 3.99. The van der Waals surface area contributed by atoms with Crippen molar-refractivity contribution >= 4 is 11.6 Å². The van der Waals surface area contributed by atoms with Gasteiger partial charge in [-0.15, -0.1) is 0 Å². The second kappa shape index (κ2) is 5.33. The second-order valence-corrected chi connectivity index (χ2v) is 5.42. The maximum absolute atomic E-state index is 12.9. The van der Waals surface area contributed by atoms with Gasteiger partial charge in [0.25, 0.3) is 0 Å². The first-order chi connectivity index (χ1) is 9.24. The average molecular weight is 279 g/mol. The maximum atomic E-state index is 12.9. The second-order valence-electron chi connectivity index (χ2n) is 5.06. The number of hydrogen-bond donors (Lipinski definition) is 0. The number of nitrogens with zero attached hydrogens (tertiary/aromatic N) is 2. The van der Waals surface area contributed by atoms with Crippen LogP contribution in [0.2, 0.25) is 5.15 Å². The van der Waals surface area contributed by atoms with E-state index in [0.29, 0.717) is 6.54 Å². The summed E-state index contributed by atoms with van der Waals surface area (Å²) in [5.41, 5.74) is 3.37. The molecular formula is C15H16ClFN2. The molecule has 0 radical (unpaired) electrons. The van der Waals surface area contributed by atoms with E-state index in [4.69, 9.17) is 11.6 Å². The number of benzene rings is 1. The molecule has 0 spiro atoms. The van der Waals surface area contributed by atoms with Crippen molar-refractivity contribution in [2.24, 2.45) is 0 Å². The van der Waals surface area contributed by atoms with Crippen molar-refractivity contribution in [3.8, 4) is 0 Å². The minimum absolute atomic E-state index is 0.217. The third kappa shape index (κ3) is 2.66. The lowest BCUT2D eigenvalue weighted by Crippen LogP contribution is -2.03. The Kier molecular flexibility index (Phi) is 3.56. The summed E-state index contributed by atoms with van der Waals surface area (Å²) in [5.74, 6) is -0.217. The summed E-state index contributed by atoms with van der Waals surface area (Å²) in [6.07, 6.45) is 5.68. The van der Waals surface area contributed by atoms with E-state index in [2.05, 4.69) is 5.10 Å². The molecule has 1 aliphatic rings. The molecule has 0 saturated heterocycles. The Morgan fingerprint density at radius 3 is 2.63 bits per heavy atom. The van der Waals surface area contributed by atoms with Crippen molar-refractivity contribution in [3.05, 3.63) is 52.1 Å². The van der Waals surface area contributed by atoms with Gasteiger partial charge in [0, 0.05) is 5.56 Å². The van der Waals surface area contributed by atoms with E-state index in [1.807, 2.05) is 4.68 Å². The fraction of sp³-hybridized carbons (Fsp3) is 0.400. The van der Waals surface area contributed by atoms with Crippen LogP contribution in [0.1, 0.15) is 36.1 Å². The van der Waals surface area contributed by atoms with Gasteiger partial charge in [0.1, 0.15) is 11.0 Å². The summed E-state index contributed by atoms with van der Waals surface area (Å²) >= 11 is 6.42. The lowest BCUT2D eigenvalue weighted by molar-refractivity contribution is 0.622. The molecule has 3 rings (SSSR count). The summed E-state index contributed by atoms with van der Waals surface area (Å²) in [4.78, 5) is 0. The molecule has 1 heterocycles. The minimum Gasteiger partial charge on any atom is -0.249 e. The molecule has 4 heteroatoms. The summed E-state index contributed by atoms with van der Waals surface area (Å²) in [6, 6.07) is 6.49. The van der Waals surface area contributed by atoms with E-state index in [-0.39, 0.29) is 5.82 Å². The SMILES string of the molecule is Fc1ccc(Cn2nc3c(c2Cl)CCCCC3)cc1. The monoisotopic (exact) mass is 278 g/mol. The van der Waals surface area contributed by atoms with E-state index >= 15 is 0 Å². The van der Waals surface area contributed by atoms with Crippen molar-refractivity contribution in [2.75, 3.05) is 0 Å². The third-order valence-corrected chi connectivity index (χ3v) is 4.07. The van der Waals surface area contributed by atoms with Crippen molar-refractivity contribution in [1.29, 1.82) is 0 Å². The smallest absolute Gasteiger partial charge is 0.130 e. The van der Waals surface area contributed by atoms with Gasteiger partial charge >= 0.3 is 0 Å². The molecule has 0 bridgehead atoms. The number of fused-ring (bicyclic) bond motifs is 1. The third-order valence-electron chi connectivity index (χ3n) is 3.65. The molecule has 0 N–H and O–H groups in total. The van der Waals surface area contributed by atoms with Crippen LogP contribution in [0.25, 0.3) is 0 Å². The standard InChI is InChI=1S/C15H16ClFN2/c16-15-13-4-2-1-3-5-14(13)18-19(15)10-11-6-8-12(17)9-7-11/h6-9H,1-5,10H2. The van der Waals surface area contributed by atoms with Crippen LogP contribution >= 0.6 is 11.6 Å². The van der Waals surface area contributed by atoms with Gasteiger partial charge in [-0.1, -0.05) is 30.2 Å². The van der Waals surface area contributed by atoms with Gasteiger partial charge in [-0.2, -0.15) is 5.10 Å². The van der Waals surface area contributed by atoms with E-state index in [9.17, 15) is 4.39 Å². The molecule has 1 aromatic heterocycles. The molecule has 1 aliphatic carbocycles. The summed E-state index contributed by atoms with van der Waals surface area (Å²) in [5, 5.41) is 5.37. The molecule has 0 unspecified atom stereocenters. The Labute approximate surface area is 117 Å². The van der Waals surface area contributed by atoms with Crippen molar-refractivity contribution in [3.63, 3.8) is 0 Å². The van der Waals surface area contributed by atoms with Crippen LogP contribution in [0.15, 0.2) is 24.3 Å². The zero-order valence-electron chi connectivity index (χ0n) is 10.7. The van der Waals surface area contributed by atoms with Crippen molar-refractivity contribution in [2.45, 2.75) is 38.6 Å². The molecule has 100 valence electrons. The first-order valence-corrected chi connectivity index (χ1v) is 7.10. The average Bonchev–Trinajstić information content (AvgIpc) is 2.60. The quantitative estimate of drug-likeness (QED) is 0.760. The zero-order chi connectivity index (χ0) is 13.2. The summed E-state index contributed by atoms with van der Waals surface area (Å²) in [7, 11) is 0. The maximum Gasteiger partial charge on any atom is 0.130 e. The number of halogens is 2. The molecule has 0 aliphatic heterocycles. The van der Waals surface area contributed by atoms with Crippen LogP contribution in [-0.4, -0.2) is 9.78 Å². The number of hydrogen-bond acceptors (Lipinski definition) is 1. The van der Waals surface area contributed by atoms with Crippen LogP contribution in [0.5, 0.6) is 0 Å². The highest BCUT2D eigenvalue weighted by molar-refractivity contribution is 6.30. The highest BCUT2D eigenvalue weighted by Crippen LogP contribution is 2.27. The zero-order valence-corrected chi connectivity index (χ0v) is 11.5. The molecule has 0 atom stereocenters. The van der Waals surface area contributed by atoms with Gasteiger partial charge in [-0.05, 0) is 43.4 Å². The van der Waals surface area contributed by atoms with Gasteiger partial charge in [0.05, 0.1) is 12.2 Å². The fourth-order valence-corrected chi connectivity index (χ4v) is 2.91. The van der Waals surface area contributed by atoms with Crippen LogP contribution in [0, 0.1) is 5.82 Å². The molecule has 2 aromatic rings. The lowest BCUT2D eigenvalue weighted by atomic mass is 10.1. The van der Waals surface area contributed by atoms with Gasteiger partial charge in [-0.3, -0.25) is 0 Å². The van der Waals surface area contributed by atoms with E-state index in [0.717, 1.165) is 29.3 Å². The molecule has 19 heavy (non-hydrogen) atoms. The molecule has 1 aromatic carbocycles. The summed E-state index contributed by atoms with van der Waals surface area (Å²) < 4.78 is 14.7. The Hall–Kier alpha value is -1.35.